The third kappa shape index (κ3) is 7.46. The van der Waals surface area contributed by atoms with Gasteiger partial charge in [0.25, 0.3) is 5.91 Å². The number of thiazole rings is 1. The Morgan fingerprint density at radius 2 is 1.51 bits per heavy atom. The first kappa shape index (κ1) is 28.7. The Labute approximate surface area is 244 Å². The van der Waals surface area contributed by atoms with Crippen LogP contribution in [0.5, 0.6) is 0 Å². The molecule has 0 atom stereocenters. The third-order valence-electron chi connectivity index (χ3n) is 6.90. The number of aryl methyl sites for hydroxylation is 1. The lowest BCUT2D eigenvalue weighted by atomic mass is 10.0. The molecular weight excluding hydrogens is 558 g/mol. The second kappa shape index (κ2) is 13.2. The Balaban J connectivity index is 1.06. The average molecular weight is 590 g/mol. The summed E-state index contributed by atoms with van der Waals surface area (Å²) in [6.45, 7) is 0.693. The van der Waals surface area contributed by atoms with Crippen molar-refractivity contribution < 1.29 is 22.7 Å². The van der Waals surface area contributed by atoms with Gasteiger partial charge < -0.3 is 4.74 Å². The first-order valence-corrected chi connectivity index (χ1v) is 15.9. The average Bonchev–Trinajstić information content (AvgIpc) is 3.48. The van der Waals surface area contributed by atoms with Crippen molar-refractivity contribution in [3.8, 4) is 22.4 Å². The van der Waals surface area contributed by atoms with Gasteiger partial charge in [-0.15, -0.1) is 11.3 Å². The number of nitrogens with zero attached hydrogens (tertiary/aromatic N) is 2. The van der Waals surface area contributed by atoms with Crippen molar-refractivity contribution in [3.63, 3.8) is 0 Å². The maximum atomic E-state index is 12.8. The van der Waals surface area contributed by atoms with Gasteiger partial charge in [-0.25, -0.2) is 13.4 Å². The van der Waals surface area contributed by atoms with E-state index in [-0.39, 0.29) is 11.3 Å². The number of hydrogen-bond acceptors (Lipinski definition) is 7. The zero-order chi connectivity index (χ0) is 28.7. The SMILES string of the molecule is O=C(COC(=O)CCc1ccc(S(=O)(=O)N2CCCCC2)cc1)Nc1nc(-c2ccc(-c3ccccc3)cc2)cs1. The van der Waals surface area contributed by atoms with E-state index in [1.807, 2.05) is 47.8 Å². The number of aromatic nitrogens is 1. The summed E-state index contributed by atoms with van der Waals surface area (Å²) in [5.74, 6) is -0.977. The number of rotatable bonds is 10. The smallest absolute Gasteiger partial charge is 0.306 e. The number of carbonyl (C=O) groups excluding carboxylic acids is 2. The predicted molar refractivity (Wildman–Crippen MR) is 160 cm³/mol. The molecule has 41 heavy (non-hydrogen) atoms. The molecule has 1 aliphatic heterocycles. The zero-order valence-electron chi connectivity index (χ0n) is 22.5. The highest BCUT2D eigenvalue weighted by Crippen LogP contribution is 2.28. The fraction of sp³-hybridized carbons (Fsp3) is 0.258. The predicted octanol–water partition coefficient (Wildman–Crippen LogP) is 5.77. The van der Waals surface area contributed by atoms with Crippen LogP contribution >= 0.6 is 11.3 Å². The fourth-order valence-electron chi connectivity index (χ4n) is 4.63. The van der Waals surface area contributed by atoms with Crippen LogP contribution in [0.1, 0.15) is 31.2 Å². The van der Waals surface area contributed by atoms with Gasteiger partial charge in [-0.1, -0.05) is 73.2 Å². The summed E-state index contributed by atoms with van der Waals surface area (Å²) in [6.07, 6.45) is 3.27. The second-order valence-electron chi connectivity index (χ2n) is 9.80. The van der Waals surface area contributed by atoms with Crippen molar-refractivity contribution in [1.82, 2.24) is 9.29 Å². The number of nitrogens with one attached hydrogen (secondary N) is 1. The number of benzene rings is 3. The summed E-state index contributed by atoms with van der Waals surface area (Å²) in [4.78, 5) is 29.3. The summed E-state index contributed by atoms with van der Waals surface area (Å²) in [7, 11) is -3.49. The summed E-state index contributed by atoms with van der Waals surface area (Å²) in [6, 6.07) is 24.7. The molecule has 212 valence electrons. The number of esters is 1. The van der Waals surface area contributed by atoms with E-state index in [0.29, 0.717) is 24.6 Å². The van der Waals surface area contributed by atoms with Crippen molar-refractivity contribution in [3.05, 3.63) is 89.8 Å². The van der Waals surface area contributed by atoms with E-state index in [9.17, 15) is 18.0 Å². The number of piperidine rings is 1. The van der Waals surface area contributed by atoms with Crippen molar-refractivity contribution in [2.75, 3.05) is 25.0 Å². The molecule has 1 aliphatic rings. The summed E-state index contributed by atoms with van der Waals surface area (Å²) in [5, 5.41) is 4.96. The molecule has 0 spiro atoms. The highest BCUT2D eigenvalue weighted by Gasteiger charge is 2.25. The number of ether oxygens (including phenoxy) is 1. The van der Waals surface area contributed by atoms with Crippen LogP contribution in [0, 0.1) is 0 Å². The molecule has 1 saturated heterocycles. The highest BCUT2D eigenvalue weighted by molar-refractivity contribution is 7.89. The normalized spacial score (nSPS) is 14.0. The lowest BCUT2D eigenvalue weighted by Crippen LogP contribution is -2.35. The Bertz CT molecular complexity index is 1580. The van der Waals surface area contributed by atoms with Crippen molar-refractivity contribution >= 4 is 38.4 Å². The Kier molecular flexibility index (Phi) is 9.23. The van der Waals surface area contributed by atoms with E-state index in [0.717, 1.165) is 47.2 Å². The van der Waals surface area contributed by atoms with E-state index in [2.05, 4.69) is 22.4 Å². The van der Waals surface area contributed by atoms with E-state index in [4.69, 9.17) is 4.74 Å². The minimum atomic E-state index is -3.49. The van der Waals surface area contributed by atoms with Gasteiger partial charge in [0.15, 0.2) is 11.7 Å². The van der Waals surface area contributed by atoms with E-state index >= 15 is 0 Å². The van der Waals surface area contributed by atoms with Crippen LogP contribution in [0.15, 0.2) is 89.1 Å². The van der Waals surface area contributed by atoms with E-state index < -0.39 is 28.5 Å². The molecule has 4 aromatic rings. The molecule has 2 heterocycles. The van der Waals surface area contributed by atoms with Crippen LogP contribution < -0.4 is 5.32 Å². The number of amides is 1. The number of hydrogen-bond donors (Lipinski definition) is 1. The van der Waals surface area contributed by atoms with Crippen LogP contribution in [0.4, 0.5) is 5.13 Å². The lowest BCUT2D eigenvalue weighted by molar-refractivity contribution is -0.147. The van der Waals surface area contributed by atoms with Gasteiger partial charge in [0, 0.05) is 30.5 Å². The molecule has 1 aromatic heterocycles. The lowest BCUT2D eigenvalue weighted by Gasteiger charge is -2.25. The van der Waals surface area contributed by atoms with Crippen LogP contribution in [0.3, 0.4) is 0 Å². The van der Waals surface area contributed by atoms with Crippen molar-refractivity contribution in [2.45, 2.75) is 37.0 Å². The molecule has 0 unspecified atom stereocenters. The number of carbonyl (C=O) groups is 2. The second-order valence-corrected chi connectivity index (χ2v) is 12.6. The first-order valence-electron chi connectivity index (χ1n) is 13.5. The van der Waals surface area contributed by atoms with Gasteiger partial charge in [0.05, 0.1) is 10.6 Å². The number of anilines is 1. The molecule has 10 heteroatoms. The zero-order valence-corrected chi connectivity index (χ0v) is 24.1. The standard InChI is InChI=1S/C31H31N3O5S2/c35-29(33-31-32-28(22-40-31)26-14-12-25(13-15-26)24-7-3-1-4-8-24)21-39-30(36)18-11-23-9-16-27(17-10-23)41(37,38)34-19-5-2-6-20-34/h1,3-4,7-10,12-17,22H,2,5-6,11,18-21H2,(H,32,33,35). The molecular formula is C31H31N3O5S2. The van der Waals surface area contributed by atoms with E-state index in [1.54, 1.807) is 24.3 Å². The highest BCUT2D eigenvalue weighted by atomic mass is 32.2. The summed E-state index contributed by atoms with van der Waals surface area (Å²) < 4.78 is 32.2. The van der Waals surface area contributed by atoms with Crippen molar-refractivity contribution in [1.29, 1.82) is 0 Å². The van der Waals surface area contributed by atoms with Crippen LogP contribution in [0.25, 0.3) is 22.4 Å². The van der Waals surface area contributed by atoms with Crippen molar-refractivity contribution in [2.24, 2.45) is 0 Å². The van der Waals surface area contributed by atoms with E-state index in [1.165, 1.54) is 15.6 Å². The first-order chi connectivity index (χ1) is 19.9. The van der Waals surface area contributed by atoms with Gasteiger partial charge in [-0.05, 0) is 48.1 Å². The number of sulfonamides is 1. The van der Waals surface area contributed by atoms with Gasteiger partial charge in [-0.2, -0.15) is 4.31 Å². The molecule has 3 aromatic carbocycles. The molecule has 1 amide bonds. The monoisotopic (exact) mass is 589 g/mol. The summed E-state index contributed by atoms with van der Waals surface area (Å²) >= 11 is 1.30. The van der Waals surface area contributed by atoms with Gasteiger partial charge in [-0.3, -0.25) is 14.9 Å². The summed E-state index contributed by atoms with van der Waals surface area (Å²) in [5.41, 5.74) is 4.74. The molecule has 0 saturated carbocycles. The topological polar surface area (TPSA) is 106 Å². The molecule has 0 bridgehead atoms. The van der Waals surface area contributed by atoms with Crippen LogP contribution in [-0.4, -0.2) is 49.3 Å². The van der Waals surface area contributed by atoms with Crippen LogP contribution in [0.2, 0.25) is 0 Å². The minimum absolute atomic E-state index is 0.0753. The van der Waals surface area contributed by atoms with Crippen LogP contribution in [-0.2, 0) is 30.8 Å². The maximum Gasteiger partial charge on any atom is 0.306 e. The maximum absolute atomic E-state index is 12.8. The quantitative estimate of drug-likeness (QED) is 0.236. The Hall–Kier alpha value is -3.86. The molecule has 0 radical (unpaired) electrons. The third-order valence-corrected chi connectivity index (χ3v) is 9.57. The molecule has 0 aliphatic carbocycles. The minimum Gasteiger partial charge on any atom is -0.456 e. The Morgan fingerprint density at radius 3 is 2.22 bits per heavy atom. The fourth-order valence-corrected chi connectivity index (χ4v) is 6.88. The van der Waals surface area contributed by atoms with Gasteiger partial charge in [0.1, 0.15) is 0 Å². The molecule has 5 rings (SSSR count). The van der Waals surface area contributed by atoms with Gasteiger partial charge >= 0.3 is 5.97 Å². The largest absolute Gasteiger partial charge is 0.456 e. The molecule has 1 N–H and O–H groups in total. The Morgan fingerprint density at radius 1 is 0.854 bits per heavy atom. The molecule has 1 fully saturated rings. The molecule has 8 nitrogen and oxygen atoms in total. The van der Waals surface area contributed by atoms with Gasteiger partial charge in [0.2, 0.25) is 10.0 Å².